The summed E-state index contributed by atoms with van der Waals surface area (Å²) in [6.07, 6.45) is 12.5. The zero-order valence-electron chi connectivity index (χ0n) is 16.9. The van der Waals surface area contributed by atoms with Crippen LogP contribution in [0.15, 0.2) is 84.0 Å². The molecule has 0 N–H and O–H groups in total. The van der Waals surface area contributed by atoms with Gasteiger partial charge >= 0.3 is 0 Å². The maximum Gasteiger partial charge on any atom is 0.128 e. The van der Waals surface area contributed by atoms with Gasteiger partial charge < -0.3 is 4.74 Å². The zero-order chi connectivity index (χ0) is 19.9. The van der Waals surface area contributed by atoms with E-state index in [1.165, 1.54) is 18.4 Å². The van der Waals surface area contributed by atoms with Crippen LogP contribution in [0, 0.1) is 12.8 Å². The highest BCUT2D eigenvalue weighted by molar-refractivity contribution is 6.11. The van der Waals surface area contributed by atoms with E-state index < -0.39 is 0 Å². The lowest BCUT2D eigenvalue weighted by Crippen LogP contribution is -2.28. The third-order valence-corrected chi connectivity index (χ3v) is 5.17. The fourth-order valence-corrected chi connectivity index (χ4v) is 3.19. The smallest absolute Gasteiger partial charge is 0.128 e. The Hall–Kier alpha value is -2.94. The highest BCUT2D eigenvalue weighted by Crippen LogP contribution is 2.30. The first-order valence-electron chi connectivity index (χ1n) is 9.76. The molecule has 2 aliphatic rings. The Bertz CT molecular complexity index is 909. The number of aliphatic imine (C=N–C) groups is 1. The Morgan fingerprint density at radius 3 is 2.54 bits per heavy atom. The maximum absolute atomic E-state index is 5.34. The quantitative estimate of drug-likeness (QED) is 0.665. The van der Waals surface area contributed by atoms with Crippen molar-refractivity contribution in [2.75, 3.05) is 7.11 Å². The summed E-state index contributed by atoms with van der Waals surface area (Å²) in [5, 5.41) is 0. The normalized spacial score (nSPS) is 21.7. The molecule has 1 saturated carbocycles. The van der Waals surface area contributed by atoms with Crippen molar-refractivity contribution in [3.8, 4) is 17.0 Å². The van der Waals surface area contributed by atoms with Crippen molar-refractivity contribution in [3.05, 3.63) is 84.6 Å². The third-order valence-electron chi connectivity index (χ3n) is 5.17. The summed E-state index contributed by atoms with van der Waals surface area (Å²) in [6, 6.07) is 12.5. The predicted molar refractivity (Wildman–Crippen MR) is 118 cm³/mol. The van der Waals surface area contributed by atoms with Crippen LogP contribution in [-0.2, 0) is 0 Å². The summed E-state index contributed by atoms with van der Waals surface area (Å²) in [5.74, 6) is 1.63. The number of pyridine rings is 1. The number of hydrogen-bond acceptors (Lipinski definition) is 3. The molecular formula is C25H28N2O. The Morgan fingerprint density at radius 1 is 1.11 bits per heavy atom. The van der Waals surface area contributed by atoms with Crippen molar-refractivity contribution in [2.24, 2.45) is 10.9 Å². The molecule has 0 spiro atoms. The van der Waals surface area contributed by atoms with Crippen LogP contribution in [0.3, 0.4) is 0 Å². The molecule has 2 atom stereocenters. The van der Waals surface area contributed by atoms with E-state index in [1.54, 1.807) is 13.3 Å². The van der Waals surface area contributed by atoms with Crippen LogP contribution in [0.4, 0.5) is 0 Å². The Labute approximate surface area is 168 Å². The van der Waals surface area contributed by atoms with Gasteiger partial charge in [0.05, 0.1) is 24.6 Å². The first kappa shape index (κ1) is 19.8. The van der Waals surface area contributed by atoms with Gasteiger partial charge in [0.25, 0.3) is 0 Å². The van der Waals surface area contributed by atoms with Crippen molar-refractivity contribution in [1.82, 2.24) is 4.98 Å². The minimum atomic E-state index is 0.544. The molecule has 0 aliphatic heterocycles. The lowest BCUT2D eigenvalue weighted by atomic mass is 9.81. The fraction of sp³-hybridized carbons (Fsp3) is 0.280. The summed E-state index contributed by atoms with van der Waals surface area (Å²) in [5.41, 5.74) is 5.27. The van der Waals surface area contributed by atoms with Gasteiger partial charge in [-0.15, -0.1) is 0 Å². The first-order valence-corrected chi connectivity index (χ1v) is 9.76. The lowest BCUT2D eigenvalue weighted by molar-refractivity contribution is 0.284. The van der Waals surface area contributed by atoms with Gasteiger partial charge in [0, 0.05) is 11.8 Å². The average molecular weight is 373 g/mol. The van der Waals surface area contributed by atoms with Gasteiger partial charge in [0.1, 0.15) is 5.75 Å². The molecule has 3 heteroatoms. The van der Waals surface area contributed by atoms with E-state index in [2.05, 4.69) is 29.5 Å². The van der Waals surface area contributed by atoms with Crippen LogP contribution in [0.25, 0.3) is 11.3 Å². The van der Waals surface area contributed by atoms with E-state index in [0.717, 1.165) is 34.2 Å². The van der Waals surface area contributed by atoms with Crippen molar-refractivity contribution in [3.63, 3.8) is 0 Å². The van der Waals surface area contributed by atoms with E-state index in [-0.39, 0.29) is 0 Å². The molecule has 4 rings (SSSR count). The fourth-order valence-electron chi connectivity index (χ4n) is 3.19. The molecule has 1 aromatic carbocycles. The molecule has 0 bridgehead atoms. The molecule has 144 valence electrons. The van der Waals surface area contributed by atoms with Crippen molar-refractivity contribution in [2.45, 2.75) is 32.7 Å². The number of allylic oxidation sites excluding steroid dienone is 5. The average Bonchev–Trinajstić information content (AvgIpc) is 2.73. The minimum Gasteiger partial charge on any atom is -0.496 e. The minimum absolute atomic E-state index is 0.544. The topological polar surface area (TPSA) is 34.5 Å². The molecule has 28 heavy (non-hydrogen) atoms. The molecule has 1 heterocycles. The van der Waals surface area contributed by atoms with Crippen LogP contribution in [0.5, 0.6) is 5.75 Å². The van der Waals surface area contributed by atoms with E-state index >= 15 is 0 Å². The van der Waals surface area contributed by atoms with E-state index in [4.69, 9.17) is 4.74 Å². The molecular weight excluding hydrogens is 344 g/mol. The molecule has 1 aromatic heterocycles. The lowest BCUT2D eigenvalue weighted by Gasteiger charge is -2.31. The molecule has 0 amide bonds. The van der Waals surface area contributed by atoms with Gasteiger partial charge in [-0.3, -0.25) is 9.98 Å². The predicted octanol–water partition coefficient (Wildman–Crippen LogP) is 5.97. The van der Waals surface area contributed by atoms with Gasteiger partial charge in [-0.25, -0.2) is 0 Å². The Morgan fingerprint density at radius 2 is 1.93 bits per heavy atom. The number of methoxy groups -OCH3 is 1. The number of aromatic nitrogens is 1. The van der Waals surface area contributed by atoms with Crippen molar-refractivity contribution >= 4 is 5.71 Å². The van der Waals surface area contributed by atoms with Crippen LogP contribution in [0.2, 0.25) is 0 Å². The van der Waals surface area contributed by atoms with Crippen LogP contribution < -0.4 is 4.74 Å². The number of hydrogen-bond donors (Lipinski definition) is 0. The third kappa shape index (κ3) is 4.86. The molecule has 0 radical (unpaired) electrons. The largest absolute Gasteiger partial charge is 0.496 e. The standard InChI is InChI=1S/C13H13NO.C12H15N/c1-10-6-7-11(13(9-10)15-2)12-5-3-4-8-14-12;1-9-5-3-4-6-11(9)13-12-8-7-10(12)2/h3-9H,1-2H3;3-6,10,12H,1,7-8H2,2H3/t;10?,12-/m.1/s1. The monoisotopic (exact) mass is 372 g/mol. The molecule has 1 fully saturated rings. The van der Waals surface area contributed by atoms with Crippen LogP contribution >= 0.6 is 0 Å². The molecule has 3 nitrogen and oxygen atoms in total. The number of nitrogens with zero attached hydrogens (tertiary/aromatic N) is 2. The second-order valence-electron chi connectivity index (χ2n) is 7.30. The number of ether oxygens (including phenoxy) is 1. The first-order chi connectivity index (χ1) is 13.6. The van der Waals surface area contributed by atoms with Crippen molar-refractivity contribution < 1.29 is 4.74 Å². The summed E-state index contributed by atoms with van der Waals surface area (Å²) in [6.45, 7) is 8.28. The summed E-state index contributed by atoms with van der Waals surface area (Å²) < 4.78 is 5.34. The Balaban J connectivity index is 0.000000162. The summed E-state index contributed by atoms with van der Waals surface area (Å²) >= 11 is 0. The molecule has 0 saturated heterocycles. The van der Waals surface area contributed by atoms with Crippen LogP contribution in [0.1, 0.15) is 25.3 Å². The SMILES string of the molecule is C=C1C=CC=CC1=N[C@@H]1CCC1C.COc1cc(C)ccc1-c1ccccn1. The zero-order valence-corrected chi connectivity index (χ0v) is 16.9. The van der Waals surface area contributed by atoms with Gasteiger partial charge in [-0.2, -0.15) is 0 Å². The maximum atomic E-state index is 5.34. The van der Waals surface area contributed by atoms with E-state index in [9.17, 15) is 0 Å². The number of aryl methyl sites for hydroxylation is 1. The summed E-state index contributed by atoms with van der Waals surface area (Å²) in [7, 11) is 1.68. The van der Waals surface area contributed by atoms with Gasteiger partial charge in [0.2, 0.25) is 0 Å². The summed E-state index contributed by atoms with van der Waals surface area (Å²) in [4.78, 5) is 8.99. The number of rotatable bonds is 3. The van der Waals surface area contributed by atoms with E-state index in [1.807, 2.05) is 61.6 Å². The Kier molecular flexibility index (Phi) is 6.59. The van der Waals surface area contributed by atoms with Crippen LogP contribution in [-0.4, -0.2) is 23.8 Å². The highest BCUT2D eigenvalue weighted by atomic mass is 16.5. The highest BCUT2D eigenvalue weighted by Gasteiger charge is 2.26. The molecule has 2 aliphatic carbocycles. The number of benzene rings is 1. The van der Waals surface area contributed by atoms with E-state index in [0.29, 0.717) is 6.04 Å². The molecule has 1 unspecified atom stereocenters. The van der Waals surface area contributed by atoms with Crippen molar-refractivity contribution in [1.29, 1.82) is 0 Å². The second kappa shape index (κ2) is 9.32. The van der Waals surface area contributed by atoms with Gasteiger partial charge in [-0.05, 0) is 67.2 Å². The second-order valence-corrected chi connectivity index (χ2v) is 7.30. The van der Waals surface area contributed by atoms with Gasteiger partial charge in [0.15, 0.2) is 0 Å². The van der Waals surface area contributed by atoms with Gasteiger partial charge in [-0.1, -0.05) is 43.9 Å². The molecule has 2 aromatic rings.